The summed E-state index contributed by atoms with van der Waals surface area (Å²) in [6.07, 6.45) is -3.86. The Kier molecular flexibility index (Phi) is 5.49. The molecular weight excluding hydrogens is 191 g/mol. The van der Waals surface area contributed by atoms with E-state index in [1.807, 2.05) is 11.9 Å². The molecule has 0 aliphatic carbocycles. The molecule has 0 fully saturated rings. The molecule has 4 heteroatoms. The second-order valence-corrected chi connectivity index (χ2v) is 4.39. The zero-order valence-electron chi connectivity index (χ0n) is 9.36. The molecule has 0 saturated heterocycles. The Morgan fingerprint density at radius 2 is 1.64 bits per heavy atom. The van der Waals surface area contributed by atoms with Crippen LogP contribution in [0.15, 0.2) is 0 Å². The van der Waals surface area contributed by atoms with E-state index in [-0.39, 0.29) is 6.42 Å². The molecule has 1 unspecified atom stereocenters. The summed E-state index contributed by atoms with van der Waals surface area (Å²) in [5, 5.41) is 0. The van der Waals surface area contributed by atoms with E-state index >= 15 is 0 Å². The molecule has 1 atom stereocenters. The van der Waals surface area contributed by atoms with E-state index in [2.05, 4.69) is 13.8 Å². The van der Waals surface area contributed by atoms with E-state index in [0.717, 1.165) is 6.54 Å². The lowest BCUT2D eigenvalue weighted by atomic mass is 10.1. The van der Waals surface area contributed by atoms with Crippen molar-refractivity contribution in [3.63, 3.8) is 0 Å². The first kappa shape index (κ1) is 13.8. The van der Waals surface area contributed by atoms with Gasteiger partial charge in [-0.2, -0.15) is 13.2 Å². The minimum Gasteiger partial charge on any atom is -0.306 e. The van der Waals surface area contributed by atoms with Crippen LogP contribution in [0, 0.1) is 11.8 Å². The Hall–Kier alpha value is -0.250. The number of rotatable bonds is 5. The summed E-state index contributed by atoms with van der Waals surface area (Å²) < 4.78 is 36.4. The highest BCUT2D eigenvalue weighted by Crippen LogP contribution is 2.28. The van der Waals surface area contributed by atoms with Gasteiger partial charge in [-0.1, -0.05) is 20.8 Å². The molecular formula is C10H20F3N. The van der Waals surface area contributed by atoms with Gasteiger partial charge in [-0.15, -0.1) is 0 Å². The van der Waals surface area contributed by atoms with Gasteiger partial charge in [0, 0.05) is 6.54 Å². The predicted molar refractivity (Wildman–Crippen MR) is 52.2 cm³/mol. The number of hydrogen-bond acceptors (Lipinski definition) is 1. The maximum atomic E-state index is 12.1. The topological polar surface area (TPSA) is 3.24 Å². The summed E-state index contributed by atoms with van der Waals surface area (Å²) in [5.41, 5.74) is 0. The standard InChI is InChI=1S/C10H20F3N/c1-8(2)7-14(4)6-5-9(3)10(11,12)13/h8-9H,5-7H2,1-4H3. The fraction of sp³-hybridized carbons (Fsp3) is 1.00. The molecule has 0 rings (SSSR count). The Bertz CT molecular complexity index is 154. The van der Waals surface area contributed by atoms with Gasteiger partial charge in [0.25, 0.3) is 0 Å². The number of nitrogens with zero attached hydrogens (tertiary/aromatic N) is 1. The highest BCUT2D eigenvalue weighted by atomic mass is 19.4. The van der Waals surface area contributed by atoms with E-state index in [1.54, 1.807) is 0 Å². The molecule has 14 heavy (non-hydrogen) atoms. The van der Waals surface area contributed by atoms with Gasteiger partial charge in [0.2, 0.25) is 0 Å². The van der Waals surface area contributed by atoms with Gasteiger partial charge in [0.15, 0.2) is 0 Å². The van der Waals surface area contributed by atoms with E-state index < -0.39 is 12.1 Å². The molecule has 0 aromatic carbocycles. The van der Waals surface area contributed by atoms with Crippen LogP contribution in [0.25, 0.3) is 0 Å². The molecule has 0 aromatic rings. The van der Waals surface area contributed by atoms with Crippen LogP contribution >= 0.6 is 0 Å². The Labute approximate surface area is 84.3 Å². The lowest BCUT2D eigenvalue weighted by molar-refractivity contribution is -0.171. The molecule has 1 nitrogen and oxygen atoms in total. The summed E-state index contributed by atoms with van der Waals surface area (Å²) in [5.74, 6) is -0.696. The molecule has 0 aromatic heterocycles. The van der Waals surface area contributed by atoms with Crippen molar-refractivity contribution < 1.29 is 13.2 Å². The second-order valence-electron chi connectivity index (χ2n) is 4.39. The van der Waals surface area contributed by atoms with Crippen LogP contribution in [-0.2, 0) is 0 Å². The van der Waals surface area contributed by atoms with Crippen LogP contribution in [0.5, 0.6) is 0 Å². The van der Waals surface area contributed by atoms with Crippen molar-refractivity contribution in [2.75, 3.05) is 20.1 Å². The van der Waals surface area contributed by atoms with Gasteiger partial charge < -0.3 is 4.90 Å². The van der Waals surface area contributed by atoms with Crippen molar-refractivity contribution in [3.8, 4) is 0 Å². The van der Waals surface area contributed by atoms with Gasteiger partial charge in [-0.05, 0) is 25.9 Å². The smallest absolute Gasteiger partial charge is 0.306 e. The number of alkyl halides is 3. The SMILES string of the molecule is CC(C)CN(C)CCC(C)C(F)(F)F. The molecule has 0 bridgehead atoms. The van der Waals surface area contributed by atoms with Crippen LogP contribution < -0.4 is 0 Å². The molecule has 0 aliphatic rings. The van der Waals surface area contributed by atoms with E-state index in [9.17, 15) is 13.2 Å². The van der Waals surface area contributed by atoms with Gasteiger partial charge in [-0.3, -0.25) is 0 Å². The van der Waals surface area contributed by atoms with Crippen LogP contribution in [0.1, 0.15) is 27.2 Å². The van der Waals surface area contributed by atoms with E-state index in [1.165, 1.54) is 6.92 Å². The van der Waals surface area contributed by atoms with E-state index in [4.69, 9.17) is 0 Å². The molecule has 0 aliphatic heterocycles. The fourth-order valence-corrected chi connectivity index (χ4v) is 1.29. The van der Waals surface area contributed by atoms with Crippen LogP contribution in [0.4, 0.5) is 13.2 Å². The van der Waals surface area contributed by atoms with Crippen molar-refractivity contribution >= 4 is 0 Å². The Morgan fingerprint density at radius 3 is 2.00 bits per heavy atom. The first-order chi connectivity index (χ1) is 6.23. The average Bonchev–Trinajstić information content (AvgIpc) is 1.96. The summed E-state index contributed by atoms with van der Waals surface area (Å²) in [4.78, 5) is 1.95. The second kappa shape index (κ2) is 5.59. The molecule has 0 saturated carbocycles. The normalized spacial score (nSPS) is 15.2. The molecule has 0 radical (unpaired) electrons. The monoisotopic (exact) mass is 211 g/mol. The Morgan fingerprint density at radius 1 is 1.14 bits per heavy atom. The quantitative estimate of drug-likeness (QED) is 0.675. The minimum atomic E-state index is -4.04. The molecule has 0 spiro atoms. The predicted octanol–water partition coefficient (Wildman–Crippen LogP) is 3.16. The fourth-order valence-electron chi connectivity index (χ4n) is 1.29. The van der Waals surface area contributed by atoms with Gasteiger partial charge >= 0.3 is 6.18 Å². The van der Waals surface area contributed by atoms with Crippen molar-refractivity contribution in [1.29, 1.82) is 0 Å². The summed E-state index contributed by atoms with van der Waals surface area (Å²) >= 11 is 0. The average molecular weight is 211 g/mol. The summed E-state index contributed by atoms with van der Waals surface area (Å²) in [6, 6.07) is 0. The Balaban J connectivity index is 3.72. The lowest BCUT2D eigenvalue weighted by Crippen LogP contribution is -2.29. The minimum absolute atomic E-state index is 0.187. The van der Waals surface area contributed by atoms with Crippen molar-refractivity contribution in [2.45, 2.75) is 33.4 Å². The maximum Gasteiger partial charge on any atom is 0.391 e. The van der Waals surface area contributed by atoms with Crippen molar-refractivity contribution in [3.05, 3.63) is 0 Å². The number of hydrogen-bond donors (Lipinski definition) is 0. The maximum absolute atomic E-state index is 12.1. The number of halogens is 3. The summed E-state index contributed by atoms with van der Waals surface area (Å²) in [7, 11) is 1.86. The molecule has 0 amide bonds. The first-order valence-corrected chi connectivity index (χ1v) is 4.98. The lowest BCUT2D eigenvalue weighted by Gasteiger charge is -2.22. The van der Waals surface area contributed by atoms with Gasteiger partial charge in [0.1, 0.15) is 0 Å². The van der Waals surface area contributed by atoms with Crippen LogP contribution in [0.2, 0.25) is 0 Å². The largest absolute Gasteiger partial charge is 0.391 e. The molecule has 0 heterocycles. The highest BCUT2D eigenvalue weighted by molar-refractivity contribution is 4.65. The van der Waals surface area contributed by atoms with Crippen LogP contribution in [-0.4, -0.2) is 31.2 Å². The van der Waals surface area contributed by atoms with Gasteiger partial charge in [0.05, 0.1) is 5.92 Å². The van der Waals surface area contributed by atoms with Crippen molar-refractivity contribution in [2.24, 2.45) is 11.8 Å². The summed E-state index contributed by atoms with van der Waals surface area (Å²) in [6.45, 7) is 6.72. The third-order valence-corrected chi connectivity index (χ3v) is 2.18. The molecule has 86 valence electrons. The van der Waals surface area contributed by atoms with Gasteiger partial charge in [-0.25, -0.2) is 0 Å². The third kappa shape index (κ3) is 6.24. The zero-order valence-corrected chi connectivity index (χ0v) is 9.36. The molecule has 0 N–H and O–H groups in total. The first-order valence-electron chi connectivity index (χ1n) is 4.98. The zero-order chi connectivity index (χ0) is 11.4. The highest BCUT2D eigenvalue weighted by Gasteiger charge is 2.35. The third-order valence-electron chi connectivity index (χ3n) is 2.18. The van der Waals surface area contributed by atoms with E-state index in [0.29, 0.717) is 12.5 Å². The van der Waals surface area contributed by atoms with Crippen molar-refractivity contribution in [1.82, 2.24) is 4.90 Å². The van der Waals surface area contributed by atoms with Crippen LogP contribution in [0.3, 0.4) is 0 Å².